The molecule has 8 heteroatoms. The molecule has 26 heavy (non-hydrogen) atoms. The van der Waals surface area contributed by atoms with E-state index in [4.69, 9.17) is 8.94 Å². The molecule has 2 aromatic heterocycles. The summed E-state index contributed by atoms with van der Waals surface area (Å²) in [6.45, 7) is 2.62. The fraction of sp³-hybridized carbons (Fsp3) is 0.222. The standard InChI is InChI=1S/C18H17N3O4S/c1-13-4-6-14(7-5-13)8-10-26(22,23)21-11-15(12-21)18-19-17(20-25-18)16-3-2-9-24-16/h2-10,15H,11-12H2,1H3. The van der Waals surface area contributed by atoms with E-state index in [-0.39, 0.29) is 5.92 Å². The van der Waals surface area contributed by atoms with Crippen LogP contribution in [0.1, 0.15) is 22.9 Å². The van der Waals surface area contributed by atoms with Gasteiger partial charge in [-0.3, -0.25) is 0 Å². The van der Waals surface area contributed by atoms with Crippen LogP contribution >= 0.6 is 0 Å². The van der Waals surface area contributed by atoms with Crippen molar-refractivity contribution in [3.05, 3.63) is 65.1 Å². The molecule has 0 bridgehead atoms. The Labute approximate surface area is 151 Å². The van der Waals surface area contributed by atoms with E-state index in [1.807, 2.05) is 31.2 Å². The summed E-state index contributed by atoms with van der Waals surface area (Å²) in [5.41, 5.74) is 1.97. The fourth-order valence-corrected chi connectivity index (χ4v) is 3.91. The predicted molar refractivity (Wildman–Crippen MR) is 95.4 cm³/mol. The third-order valence-corrected chi connectivity index (χ3v) is 5.75. The predicted octanol–water partition coefficient (Wildman–Crippen LogP) is 3.04. The van der Waals surface area contributed by atoms with Crippen LogP contribution in [0.15, 0.2) is 57.0 Å². The maximum atomic E-state index is 12.4. The van der Waals surface area contributed by atoms with Gasteiger partial charge in [0.1, 0.15) is 0 Å². The molecule has 3 aromatic rings. The summed E-state index contributed by atoms with van der Waals surface area (Å²) in [5.74, 6) is 1.20. The summed E-state index contributed by atoms with van der Waals surface area (Å²) in [5, 5.41) is 5.10. The molecule has 7 nitrogen and oxygen atoms in total. The smallest absolute Gasteiger partial charge is 0.238 e. The fourth-order valence-electron chi connectivity index (χ4n) is 2.64. The number of rotatable bonds is 5. The van der Waals surface area contributed by atoms with Crippen molar-refractivity contribution >= 4 is 16.1 Å². The van der Waals surface area contributed by atoms with Crippen molar-refractivity contribution in [3.8, 4) is 11.6 Å². The second kappa shape index (κ2) is 6.54. The highest BCUT2D eigenvalue weighted by atomic mass is 32.2. The molecule has 0 N–H and O–H groups in total. The zero-order chi connectivity index (χ0) is 18.1. The van der Waals surface area contributed by atoms with E-state index in [0.29, 0.717) is 30.6 Å². The molecule has 3 heterocycles. The molecule has 4 rings (SSSR count). The van der Waals surface area contributed by atoms with Crippen LogP contribution in [0.25, 0.3) is 17.7 Å². The molecule has 1 aliphatic heterocycles. The van der Waals surface area contributed by atoms with E-state index < -0.39 is 10.0 Å². The molecule has 0 aliphatic carbocycles. The third kappa shape index (κ3) is 3.33. The average Bonchev–Trinajstić information content (AvgIpc) is 3.24. The van der Waals surface area contributed by atoms with Crippen molar-refractivity contribution in [1.82, 2.24) is 14.4 Å². The first-order valence-corrected chi connectivity index (χ1v) is 9.64. The second-order valence-electron chi connectivity index (χ2n) is 6.21. The monoisotopic (exact) mass is 371 g/mol. The van der Waals surface area contributed by atoms with Crippen molar-refractivity contribution < 1.29 is 17.4 Å². The first-order valence-electron chi connectivity index (χ1n) is 8.14. The number of furan rings is 1. The van der Waals surface area contributed by atoms with E-state index in [9.17, 15) is 8.42 Å². The molecule has 134 valence electrons. The Morgan fingerprint density at radius 3 is 2.65 bits per heavy atom. The van der Waals surface area contributed by atoms with E-state index in [1.54, 1.807) is 18.2 Å². The SMILES string of the molecule is Cc1ccc(C=CS(=O)(=O)N2CC(c3nc(-c4ccco4)no3)C2)cc1. The Kier molecular flexibility index (Phi) is 4.21. The van der Waals surface area contributed by atoms with Gasteiger partial charge in [0.05, 0.1) is 12.2 Å². The number of aromatic nitrogens is 2. The highest BCUT2D eigenvalue weighted by Crippen LogP contribution is 2.30. The van der Waals surface area contributed by atoms with Gasteiger partial charge in [-0.1, -0.05) is 35.0 Å². The Morgan fingerprint density at radius 2 is 1.96 bits per heavy atom. The van der Waals surface area contributed by atoms with Gasteiger partial charge in [-0.2, -0.15) is 9.29 Å². The van der Waals surface area contributed by atoms with Crippen molar-refractivity contribution in [2.24, 2.45) is 0 Å². The lowest BCUT2D eigenvalue weighted by Crippen LogP contribution is -2.47. The van der Waals surface area contributed by atoms with Gasteiger partial charge in [0.2, 0.25) is 21.7 Å². The van der Waals surface area contributed by atoms with Crippen LogP contribution in [-0.4, -0.2) is 36.0 Å². The van der Waals surface area contributed by atoms with Crippen LogP contribution in [0.5, 0.6) is 0 Å². The van der Waals surface area contributed by atoms with E-state index in [1.165, 1.54) is 16.0 Å². The first kappa shape index (κ1) is 16.7. The molecular weight excluding hydrogens is 354 g/mol. The topological polar surface area (TPSA) is 89.4 Å². The highest BCUT2D eigenvalue weighted by molar-refractivity contribution is 7.92. The molecule has 0 radical (unpaired) electrons. The molecule has 0 spiro atoms. The maximum absolute atomic E-state index is 12.4. The van der Waals surface area contributed by atoms with Crippen LogP contribution in [-0.2, 0) is 10.0 Å². The summed E-state index contributed by atoms with van der Waals surface area (Å²) in [6, 6.07) is 11.1. The highest BCUT2D eigenvalue weighted by Gasteiger charge is 2.38. The van der Waals surface area contributed by atoms with E-state index in [2.05, 4.69) is 10.1 Å². The van der Waals surface area contributed by atoms with Crippen LogP contribution in [0, 0.1) is 6.92 Å². The third-order valence-electron chi connectivity index (χ3n) is 4.25. The number of aryl methyl sites for hydroxylation is 1. The maximum Gasteiger partial charge on any atom is 0.238 e. The lowest BCUT2D eigenvalue weighted by molar-refractivity contribution is 0.218. The van der Waals surface area contributed by atoms with Gasteiger partial charge in [0.25, 0.3) is 0 Å². The summed E-state index contributed by atoms with van der Waals surface area (Å²) >= 11 is 0. The molecule has 0 unspecified atom stereocenters. The quantitative estimate of drug-likeness (QED) is 0.685. The van der Waals surface area contributed by atoms with Crippen molar-refractivity contribution in [2.45, 2.75) is 12.8 Å². The summed E-state index contributed by atoms with van der Waals surface area (Å²) < 4.78 is 36.6. The van der Waals surface area contributed by atoms with Crippen LogP contribution in [0.3, 0.4) is 0 Å². The van der Waals surface area contributed by atoms with E-state index >= 15 is 0 Å². The Balaban J connectivity index is 1.40. The van der Waals surface area contributed by atoms with Gasteiger partial charge in [-0.25, -0.2) is 8.42 Å². The molecule has 0 atom stereocenters. The van der Waals surface area contributed by atoms with Crippen molar-refractivity contribution in [1.29, 1.82) is 0 Å². The number of sulfonamides is 1. The average molecular weight is 371 g/mol. The van der Waals surface area contributed by atoms with E-state index in [0.717, 1.165) is 11.1 Å². The number of hydrogen-bond donors (Lipinski definition) is 0. The van der Waals surface area contributed by atoms with Gasteiger partial charge in [0, 0.05) is 18.5 Å². The van der Waals surface area contributed by atoms with Gasteiger partial charge < -0.3 is 8.94 Å². The number of hydrogen-bond acceptors (Lipinski definition) is 6. The minimum Gasteiger partial charge on any atom is -0.461 e. The molecule has 1 aliphatic rings. The zero-order valence-electron chi connectivity index (χ0n) is 14.1. The van der Waals surface area contributed by atoms with Crippen LogP contribution in [0.4, 0.5) is 0 Å². The minimum atomic E-state index is -3.46. The molecule has 1 fully saturated rings. The van der Waals surface area contributed by atoms with Crippen LogP contribution in [0.2, 0.25) is 0 Å². The molecular formula is C18H17N3O4S. The second-order valence-corrected chi connectivity index (χ2v) is 8.02. The zero-order valence-corrected chi connectivity index (χ0v) is 14.9. The number of benzene rings is 1. The lowest BCUT2D eigenvalue weighted by atomic mass is 10.0. The van der Waals surface area contributed by atoms with Gasteiger partial charge in [-0.15, -0.1) is 0 Å². The van der Waals surface area contributed by atoms with Gasteiger partial charge >= 0.3 is 0 Å². The number of nitrogens with zero attached hydrogens (tertiary/aromatic N) is 3. The lowest BCUT2D eigenvalue weighted by Gasteiger charge is -2.34. The first-order chi connectivity index (χ1) is 12.5. The Morgan fingerprint density at radius 1 is 1.19 bits per heavy atom. The molecule has 1 aromatic carbocycles. The Hall–Kier alpha value is -2.71. The summed E-state index contributed by atoms with van der Waals surface area (Å²) in [6.07, 6.45) is 3.13. The molecule has 1 saturated heterocycles. The van der Waals surface area contributed by atoms with Crippen LogP contribution < -0.4 is 0 Å². The van der Waals surface area contributed by atoms with Crippen molar-refractivity contribution in [2.75, 3.05) is 13.1 Å². The normalized spacial score (nSPS) is 16.2. The Bertz CT molecular complexity index is 1010. The summed E-state index contributed by atoms with van der Waals surface area (Å²) in [4.78, 5) is 4.28. The largest absolute Gasteiger partial charge is 0.461 e. The minimum absolute atomic E-state index is 0.103. The van der Waals surface area contributed by atoms with Gasteiger partial charge in [0.15, 0.2) is 5.76 Å². The molecule has 0 amide bonds. The van der Waals surface area contributed by atoms with Gasteiger partial charge in [-0.05, 0) is 30.7 Å². The van der Waals surface area contributed by atoms with Crippen molar-refractivity contribution in [3.63, 3.8) is 0 Å². The summed E-state index contributed by atoms with van der Waals surface area (Å²) in [7, 11) is -3.46. The molecule has 0 saturated carbocycles.